The van der Waals surface area contributed by atoms with E-state index in [0.717, 1.165) is 19.3 Å². The van der Waals surface area contributed by atoms with Gasteiger partial charge < -0.3 is 41.7 Å². The van der Waals surface area contributed by atoms with Crippen LogP contribution < -0.4 is 27.0 Å². The fourth-order valence-electron chi connectivity index (χ4n) is 6.98. The first kappa shape index (κ1) is 43.1. The van der Waals surface area contributed by atoms with E-state index in [9.17, 15) is 43.5 Å². The number of benzene rings is 1. The van der Waals surface area contributed by atoms with Crippen LogP contribution in [0.3, 0.4) is 0 Å². The predicted octanol–water partition coefficient (Wildman–Crippen LogP) is 1.71. The van der Waals surface area contributed by atoms with Gasteiger partial charge in [-0.3, -0.25) is 28.8 Å². The summed E-state index contributed by atoms with van der Waals surface area (Å²) in [6.45, 7) is 5.12. The zero-order valence-corrected chi connectivity index (χ0v) is 31.5. The van der Waals surface area contributed by atoms with Gasteiger partial charge in [0.25, 0.3) is 5.91 Å². The van der Waals surface area contributed by atoms with Gasteiger partial charge >= 0.3 is 11.9 Å². The third kappa shape index (κ3) is 11.4. The number of carbonyl (C=O) groups is 8. The first-order valence-corrected chi connectivity index (χ1v) is 18.5. The molecule has 1 aromatic rings. The molecule has 1 aromatic carbocycles. The van der Waals surface area contributed by atoms with Crippen molar-refractivity contribution in [2.24, 2.45) is 11.7 Å². The Morgan fingerprint density at radius 3 is 2.20 bits per heavy atom. The van der Waals surface area contributed by atoms with Crippen molar-refractivity contribution in [3.63, 3.8) is 0 Å². The van der Waals surface area contributed by atoms with Crippen LogP contribution in [0.2, 0.25) is 0 Å². The average Bonchev–Trinajstić information content (AvgIpc) is 3.56. The summed E-state index contributed by atoms with van der Waals surface area (Å²) in [6.07, 6.45) is 8.36. The molecule has 2 fully saturated rings. The largest absolute Gasteiger partial charge is 0.478 e. The molecule has 1 aliphatic carbocycles. The Balaban J connectivity index is 1.85. The molecule has 0 aromatic heterocycles. The smallest absolute Gasteiger partial charge is 0.336 e. The van der Waals surface area contributed by atoms with E-state index in [4.69, 9.17) is 5.73 Å². The van der Waals surface area contributed by atoms with Gasteiger partial charge in [0.15, 0.2) is 0 Å². The number of esters is 1. The molecule has 0 unspecified atom stereocenters. The molecule has 6 amide bonds. The van der Waals surface area contributed by atoms with Gasteiger partial charge in [-0.2, -0.15) is 0 Å². The van der Waals surface area contributed by atoms with E-state index in [1.165, 1.54) is 55.4 Å². The summed E-state index contributed by atoms with van der Waals surface area (Å²) in [7, 11) is 1.21. The number of hydrogen-bond donors (Lipinski definition) is 6. The first-order valence-electron chi connectivity index (χ1n) is 18.5. The number of allylic oxidation sites excluding steroid dienone is 1. The fourth-order valence-corrected chi connectivity index (χ4v) is 6.98. The maximum absolute atomic E-state index is 14.3. The van der Waals surface area contributed by atoms with Crippen molar-refractivity contribution in [3.8, 4) is 0 Å². The van der Waals surface area contributed by atoms with Crippen LogP contribution in [-0.4, -0.2) is 101 Å². The molecule has 0 spiro atoms. The number of carboxylic acid groups (broad SMARTS) is 1. The third-order valence-corrected chi connectivity index (χ3v) is 10.2. The number of hydrogen-bond acceptors (Lipinski definition) is 9. The van der Waals surface area contributed by atoms with E-state index < -0.39 is 77.1 Å². The second-order valence-corrected chi connectivity index (χ2v) is 14.1. The molecule has 0 bridgehead atoms. The van der Waals surface area contributed by atoms with Crippen molar-refractivity contribution >= 4 is 47.4 Å². The number of nitrogens with one attached hydrogen (secondary N) is 4. The van der Waals surface area contributed by atoms with Gasteiger partial charge in [0, 0.05) is 12.6 Å². The monoisotopic (exact) mass is 754 g/mol. The number of methoxy groups -OCH3 is 1. The molecule has 1 saturated carbocycles. The number of nitrogens with two attached hydrogens (primary N) is 1. The lowest BCUT2D eigenvalue weighted by molar-refractivity contribution is -0.148. The quantitative estimate of drug-likeness (QED) is 0.0936. The van der Waals surface area contributed by atoms with Gasteiger partial charge in [0.05, 0.1) is 18.2 Å². The number of carboxylic acids is 1. The Bertz CT molecular complexity index is 1590. The fraction of sp³-hybridized carbons (Fsp3) is 0.579. The summed E-state index contributed by atoms with van der Waals surface area (Å²) in [5, 5.41) is 20.5. The maximum atomic E-state index is 14.3. The van der Waals surface area contributed by atoms with Crippen LogP contribution in [0.5, 0.6) is 0 Å². The highest BCUT2D eigenvalue weighted by Gasteiger charge is 2.49. The minimum Gasteiger partial charge on any atom is -0.478 e. The van der Waals surface area contributed by atoms with Crippen molar-refractivity contribution < 1.29 is 48.2 Å². The van der Waals surface area contributed by atoms with Gasteiger partial charge in [-0.1, -0.05) is 50.8 Å². The molecule has 296 valence electrons. The summed E-state index contributed by atoms with van der Waals surface area (Å²) >= 11 is 0. The molecule has 16 heteroatoms. The topological polar surface area (TPSA) is 243 Å². The Morgan fingerprint density at radius 2 is 1.59 bits per heavy atom. The summed E-state index contributed by atoms with van der Waals surface area (Å²) < 4.78 is 4.60. The zero-order valence-electron chi connectivity index (χ0n) is 31.5. The summed E-state index contributed by atoms with van der Waals surface area (Å²) in [5.41, 5.74) is 3.57. The van der Waals surface area contributed by atoms with E-state index in [1.807, 2.05) is 6.92 Å². The number of likely N-dealkylation sites (tertiary alicyclic amines) is 1. The van der Waals surface area contributed by atoms with E-state index in [1.54, 1.807) is 6.92 Å². The van der Waals surface area contributed by atoms with Crippen molar-refractivity contribution in [2.75, 3.05) is 13.7 Å². The highest BCUT2D eigenvalue weighted by molar-refractivity contribution is 6.06. The van der Waals surface area contributed by atoms with Gasteiger partial charge in [0.2, 0.25) is 29.5 Å². The highest BCUT2D eigenvalue weighted by atomic mass is 16.5. The van der Waals surface area contributed by atoms with E-state index in [-0.39, 0.29) is 42.9 Å². The summed E-state index contributed by atoms with van der Waals surface area (Å²) in [5.74, 6) is -5.98. The number of primary amides is 1. The molecule has 16 nitrogen and oxygen atoms in total. The van der Waals surface area contributed by atoms with Crippen LogP contribution in [0.4, 0.5) is 0 Å². The second kappa shape index (κ2) is 20.3. The van der Waals surface area contributed by atoms with Crippen LogP contribution >= 0.6 is 0 Å². The highest BCUT2D eigenvalue weighted by Crippen LogP contribution is 2.32. The second-order valence-electron chi connectivity index (χ2n) is 14.1. The molecule has 54 heavy (non-hydrogen) atoms. The number of aromatic carboxylic acids is 1. The molecule has 2 aliphatic rings. The van der Waals surface area contributed by atoms with Gasteiger partial charge in [-0.05, 0) is 76.8 Å². The molecule has 3 rings (SSSR count). The normalized spacial score (nSPS) is 19.5. The minimum absolute atomic E-state index is 0.0177. The number of ether oxygens (including phenoxy) is 1. The molecule has 7 N–H and O–H groups in total. The Kier molecular flexibility index (Phi) is 16.2. The van der Waals surface area contributed by atoms with E-state index in [0.29, 0.717) is 32.1 Å². The molecule has 1 heterocycles. The van der Waals surface area contributed by atoms with Crippen LogP contribution in [0.1, 0.15) is 112 Å². The summed E-state index contributed by atoms with van der Waals surface area (Å²) in [4.78, 5) is 105. The lowest BCUT2D eigenvalue weighted by Crippen LogP contribution is -2.64. The zero-order chi connectivity index (χ0) is 40.0. The standard InChI is InChI=1S/C38H54N6O10/c1-5-14-28(42-33(48)27(19-11-12-20-29(45)54-4)41-32(47)25-17-9-10-18-26(25)36(51)52)35(50)44-22-13-21-38(44,3)37(53)43-30(24-15-7-6-8-16-24)34(49)40-23(2)31(39)46/h9-10,12,17-18,20,23-24,27-28,30H,5-8,11,13-16,19,21-22H2,1-4H3,(H2,39,46)(H,40,49)(H,41,47)(H,42,48)(H,43,53)(H,51,52)/b20-12+/t23-,27-,28-,30-,38-/m0/s1. The maximum Gasteiger partial charge on any atom is 0.336 e. The van der Waals surface area contributed by atoms with Crippen LogP contribution in [-0.2, 0) is 33.5 Å². The molecular formula is C38H54N6O10. The lowest BCUT2D eigenvalue weighted by Gasteiger charge is -2.39. The number of rotatable bonds is 18. The van der Waals surface area contributed by atoms with Crippen molar-refractivity contribution in [1.29, 1.82) is 0 Å². The SMILES string of the molecule is CCC[C@H](NC(=O)[C@H](CC/C=C/C(=O)OC)NC(=O)c1ccccc1C(=O)O)C(=O)N1CCC[C@@]1(C)C(=O)N[C@H](C(=O)N[C@@H](C)C(N)=O)C1CCCCC1. The molecule has 5 atom stereocenters. The summed E-state index contributed by atoms with van der Waals surface area (Å²) in [6, 6.07) is 1.26. The van der Waals surface area contributed by atoms with E-state index >= 15 is 0 Å². The van der Waals surface area contributed by atoms with Gasteiger partial charge in [-0.15, -0.1) is 0 Å². The lowest BCUT2D eigenvalue weighted by atomic mass is 9.82. The van der Waals surface area contributed by atoms with Crippen LogP contribution in [0, 0.1) is 5.92 Å². The Hall–Kier alpha value is -5.28. The van der Waals surface area contributed by atoms with Crippen LogP contribution in [0.15, 0.2) is 36.4 Å². The molecular weight excluding hydrogens is 700 g/mol. The Morgan fingerprint density at radius 1 is 0.926 bits per heavy atom. The molecule has 1 aliphatic heterocycles. The Labute approximate surface area is 315 Å². The molecule has 1 saturated heterocycles. The third-order valence-electron chi connectivity index (χ3n) is 10.2. The van der Waals surface area contributed by atoms with Crippen LogP contribution in [0.25, 0.3) is 0 Å². The van der Waals surface area contributed by atoms with E-state index in [2.05, 4.69) is 26.0 Å². The minimum atomic E-state index is -1.37. The molecule has 0 radical (unpaired) electrons. The number of carbonyl (C=O) groups excluding carboxylic acids is 7. The average molecular weight is 755 g/mol. The predicted molar refractivity (Wildman–Crippen MR) is 197 cm³/mol. The van der Waals surface area contributed by atoms with Crippen molar-refractivity contribution in [1.82, 2.24) is 26.2 Å². The van der Waals surface area contributed by atoms with Gasteiger partial charge in [0.1, 0.15) is 29.7 Å². The van der Waals surface area contributed by atoms with Gasteiger partial charge in [-0.25, -0.2) is 9.59 Å². The first-order chi connectivity index (χ1) is 25.6. The number of nitrogens with zero attached hydrogens (tertiary/aromatic N) is 1. The van der Waals surface area contributed by atoms with Crippen molar-refractivity contribution in [3.05, 3.63) is 47.5 Å². The van der Waals surface area contributed by atoms with Crippen molar-refractivity contribution in [2.45, 2.75) is 121 Å². The number of amides is 6.